The van der Waals surface area contributed by atoms with Gasteiger partial charge in [0.15, 0.2) is 0 Å². The van der Waals surface area contributed by atoms with Gasteiger partial charge in [-0.2, -0.15) is 0 Å². The van der Waals surface area contributed by atoms with Gasteiger partial charge in [0.1, 0.15) is 0 Å². The number of nitrogens with zero attached hydrogens (tertiary/aromatic N) is 3. The molecule has 1 atom stereocenters. The van der Waals surface area contributed by atoms with E-state index in [0.29, 0.717) is 17.8 Å². The van der Waals surface area contributed by atoms with Crippen LogP contribution in [0, 0.1) is 6.92 Å². The number of carbonyl (C=O) groups is 1. The first-order valence-electron chi connectivity index (χ1n) is 12.7. The van der Waals surface area contributed by atoms with Crippen LogP contribution in [0.4, 0.5) is 5.69 Å². The van der Waals surface area contributed by atoms with E-state index in [-0.39, 0.29) is 16.8 Å². The number of nitrogens with one attached hydrogen (secondary N) is 1. The summed E-state index contributed by atoms with van der Waals surface area (Å²) in [6.45, 7) is 4.48. The van der Waals surface area contributed by atoms with E-state index in [0.717, 1.165) is 21.0 Å². The largest absolute Gasteiger partial charge is 0.381 e. The number of hydrogen-bond donors (Lipinski definition) is 1. The molecule has 0 aliphatic heterocycles. The number of pyridine rings is 1. The van der Waals surface area contributed by atoms with Crippen LogP contribution in [0.2, 0.25) is 0 Å². The van der Waals surface area contributed by atoms with Crippen LogP contribution < -0.4 is 5.32 Å². The van der Waals surface area contributed by atoms with Crippen molar-refractivity contribution in [3.63, 3.8) is 0 Å². The Bertz CT molecular complexity index is 1550. The Morgan fingerprint density at radius 3 is 2.23 bits per heavy atom. The lowest BCUT2D eigenvalue weighted by atomic mass is 9.99. The van der Waals surface area contributed by atoms with Crippen molar-refractivity contribution in [1.82, 2.24) is 14.2 Å². The van der Waals surface area contributed by atoms with E-state index in [1.165, 1.54) is 31.3 Å². The van der Waals surface area contributed by atoms with Crippen LogP contribution in [0.5, 0.6) is 0 Å². The summed E-state index contributed by atoms with van der Waals surface area (Å²) >= 11 is 0. The van der Waals surface area contributed by atoms with Gasteiger partial charge >= 0.3 is 0 Å². The Hall–Kier alpha value is -4.01. The maximum absolute atomic E-state index is 13.5. The van der Waals surface area contributed by atoms with Crippen LogP contribution in [0.15, 0.2) is 96.2 Å². The lowest BCUT2D eigenvalue weighted by Crippen LogP contribution is -2.30. The third kappa shape index (κ3) is 6.35. The number of carbonyl (C=O) groups excluding carboxylic acids is 1. The summed E-state index contributed by atoms with van der Waals surface area (Å²) in [6, 6.07) is 24.7. The fourth-order valence-corrected chi connectivity index (χ4v) is 5.31. The molecule has 0 bridgehead atoms. The summed E-state index contributed by atoms with van der Waals surface area (Å²) in [4.78, 5) is 19.2. The SMILES string of the molecule is Cc1ccccc1-c1ccc(CNc2cc(C(=O)N(C)C(C)c3ccncc3)cc(S(=O)(=O)N(C)C)c2)cc1. The number of hydrogen-bond acceptors (Lipinski definition) is 5. The lowest BCUT2D eigenvalue weighted by molar-refractivity contribution is 0.0742. The van der Waals surface area contributed by atoms with Crippen molar-refractivity contribution in [2.75, 3.05) is 26.5 Å². The molecule has 0 saturated carbocycles. The fraction of sp³-hybridized carbons (Fsp3) is 0.226. The third-order valence-corrected chi connectivity index (χ3v) is 8.72. The zero-order valence-corrected chi connectivity index (χ0v) is 23.7. The van der Waals surface area contributed by atoms with E-state index in [1.807, 2.05) is 43.3 Å². The monoisotopic (exact) mass is 542 g/mol. The molecule has 0 radical (unpaired) electrons. The molecule has 1 heterocycles. The Labute approximate surface area is 231 Å². The molecule has 0 spiro atoms. The molecule has 4 rings (SSSR count). The molecule has 1 aromatic heterocycles. The van der Waals surface area contributed by atoms with Crippen molar-refractivity contribution in [2.24, 2.45) is 0 Å². The van der Waals surface area contributed by atoms with Gasteiger partial charge in [0.05, 0.1) is 10.9 Å². The summed E-state index contributed by atoms with van der Waals surface area (Å²) in [5, 5.41) is 3.32. The highest BCUT2D eigenvalue weighted by Crippen LogP contribution is 2.27. The highest BCUT2D eigenvalue weighted by Gasteiger charge is 2.24. The molecule has 0 aliphatic rings. The molecule has 0 aliphatic carbocycles. The first-order chi connectivity index (χ1) is 18.6. The quantitative estimate of drug-likeness (QED) is 0.291. The normalized spacial score (nSPS) is 12.3. The number of benzene rings is 3. The second-order valence-corrected chi connectivity index (χ2v) is 11.9. The van der Waals surface area contributed by atoms with Crippen molar-refractivity contribution in [2.45, 2.75) is 31.3 Å². The predicted octanol–water partition coefficient (Wildman–Crippen LogP) is 5.75. The molecule has 1 amide bonds. The molecular formula is C31H34N4O3S. The second-order valence-electron chi connectivity index (χ2n) is 9.77. The van der Waals surface area contributed by atoms with Crippen molar-refractivity contribution < 1.29 is 13.2 Å². The summed E-state index contributed by atoms with van der Waals surface area (Å²) in [7, 11) is 0.903. The van der Waals surface area contributed by atoms with Crippen LogP contribution in [0.25, 0.3) is 11.1 Å². The summed E-state index contributed by atoms with van der Waals surface area (Å²) < 4.78 is 27.2. The van der Waals surface area contributed by atoms with Crippen LogP contribution in [-0.2, 0) is 16.6 Å². The molecule has 4 aromatic rings. The Balaban J connectivity index is 1.60. The topological polar surface area (TPSA) is 82.6 Å². The van der Waals surface area contributed by atoms with Gasteiger partial charge in [-0.25, -0.2) is 12.7 Å². The number of aromatic nitrogens is 1. The molecule has 7 nitrogen and oxygen atoms in total. The minimum absolute atomic E-state index is 0.0562. The minimum Gasteiger partial charge on any atom is -0.381 e. The van der Waals surface area contributed by atoms with E-state index in [2.05, 4.69) is 41.5 Å². The number of anilines is 1. The average Bonchev–Trinajstić information content (AvgIpc) is 2.95. The van der Waals surface area contributed by atoms with Gasteiger partial charge in [-0.05, 0) is 72.0 Å². The number of sulfonamides is 1. The molecule has 0 fully saturated rings. The molecule has 0 saturated heterocycles. The smallest absolute Gasteiger partial charge is 0.254 e. The van der Waals surface area contributed by atoms with Crippen LogP contribution in [0.3, 0.4) is 0 Å². The maximum atomic E-state index is 13.5. The molecule has 202 valence electrons. The van der Waals surface area contributed by atoms with E-state index < -0.39 is 10.0 Å². The number of amides is 1. The maximum Gasteiger partial charge on any atom is 0.254 e. The van der Waals surface area contributed by atoms with Crippen molar-refractivity contribution in [3.8, 4) is 11.1 Å². The van der Waals surface area contributed by atoms with E-state index in [4.69, 9.17) is 0 Å². The zero-order chi connectivity index (χ0) is 28.2. The van der Waals surface area contributed by atoms with Crippen LogP contribution in [0.1, 0.15) is 40.0 Å². The fourth-order valence-electron chi connectivity index (χ4n) is 4.33. The molecule has 39 heavy (non-hydrogen) atoms. The Morgan fingerprint density at radius 2 is 1.59 bits per heavy atom. The Morgan fingerprint density at radius 1 is 0.923 bits per heavy atom. The first-order valence-corrected chi connectivity index (χ1v) is 14.2. The molecule has 8 heteroatoms. The van der Waals surface area contributed by atoms with Gasteiger partial charge in [0, 0.05) is 51.3 Å². The van der Waals surface area contributed by atoms with Crippen molar-refractivity contribution >= 4 is 21.6 Å². The van der Waals surface area contributed by atoms with E-state index >= 15 is 0 Å². The van der Waals surface area contributed by atoms with Gasteiger partial charge in [0.25, 0.3) is 5.91 Å². The molecule has 1 unspecified atom stereocenters. The second kappa shape index (κ2) is 11.8. The number of rotatable bonds is 9. The molecular weight excluding hydrogens is 508 g/mol. The first kappa shape index (κ1) is 28.0. The van der Waals surface area contributed by atoms with Gasteiger partial charge < -0.3 is 10.2 Å². The zero-order valence-electron chi connectivity index (χ0n) is 22.9. The summed E-state index contributed by atoms with van der Waals surface area (Å²) in [5.74, 6) is -0.277. The molecule has 3 aromatic carbocycles. The van der Waals surface area contributed by atoms with Gasteiger partial charge in [-0.15, -0.1) is 0 Å². The van der Waals surface area contributed by atoms with Crippen LogP contribution in [-0.4, -0.2) is 49.7 Å². The third-order valence-electron chi connectivity index (χ3n) is 6.93. The van der Waals surface area contributed by atoms with Gasteiger partial charge in [-0.1, -0.05) is 48.5 Å². The van der Waals surface area contributed by atoms with E-state index in [1.54, 1.807) is 36.5 Å². The van der Waals surface area contributed by atoms with Crippen molar-refractivity contribution in [3.05, 3.63) is 114 Å². The predicted molar refractivity (Wildman–Crippen MR) is 156 cm³/mol. The van der Waals surface area contributed by atoms with Gasteiger partial charge in [-0.3, -0.25) is 9.78 Å². The van der Waals surface area contributed by atoms with E-state index in [9.17, 15) is 13.2 Å². The average molecular weight is 543 g/mol. The minimum atomic E-state index is -3.76. The number of aryl methyl sites for hydroxylation is 1. The van der Waals surface area contributed by atoms with Gasteiger partial charge in [0.2, 0.25) is 10.0 Å². The van der Waals surface area contributed by atoms with Crippen LogP contribution >= 0.6 is 0 Å². The summed E-state index contributed by atoms with van der Waals surface area (Å²) in [5.41, 5.74) is 6.34. The lowest BCUT2D eigenvalue weighted by Gasteiger charge is -2.26. The Kier molecular flexibility index (Phi) is 8.47. The standard InChI is InChI=1S/C31H34N4O3S/c1-22-8-6-7-9-30(22)26-12-10-24(11-13-26)21-33-28-18-27(19-29(20-28)39(37,38)34(3)4)31(36)35(5)23(2)25-14-16-32-17-15-25/h6-20,23,33H,21H2,1-5H3. The highest BCUT2D eigenvalue weighted by atomic mass is 32.2. The summed E-state index contributed by atoms with van der Waals surface area (Å²) in [6.07, 6.45) is 3.37. The molecule has 1 N–H and O–H groups in total. The van der Waals surface area contributed by atoms with Crippen molar-refractivity contribution in [1.29, 1.82) is 0 Å². The highest BCUT2D eigenvalue weighted by molar-refractivity contribution is 7.89.